The fraction of sp³-hybridized carbons (Fsp3) is 0.182. The number of hydrogen-bond acceptors (Lipinski definition) is 6. The molecule has 1 aliphatic rings. The molecule has 2 aromatic carbocycles. The highest BCUT2D eigenvalue weighted by atomic mass is 32.2. The summed E-state index contributed by atoms with van der Waals surface area (Å²) in [7, 11) is 1.62. The lowest BCUT2D eigenvalue weighted by Gasteiger charge is -2.10. The number of carbonyl (C=O) groups is 1. The van der Waals surface area contributed by atoms with Crippen molar-refractivity contribution >= 4 is 40.3 Å². The first-order valence-corrected chi connectivity index (χ1v) is 10.2. The van der Waals surface area contributed by atoms with E-state index in [2.05, 4.69) is 6.58 Å². The zero-order valence-electron chi connectivity index (χ0n) is 16.0. The number of nitrogens with zero attached hydrogens (tertiary/aromatic N) is 1. The second kappa shape index (κ2) is 10.1. The highest BCUT2D eigenvalue weighted by Gasteiger charge is 2.30. The van der Waals surface area contributed by atoms with Crippen LogP contribution in [0, 0.1) is 0 Å². The van der Waals surface area contributed by atoms with Crippen molar-refractivity contribution in [3.63, 3.8) is 0 Å². The van der Waals surface area contributed by atoms with Crippen molar-refractivity contribution in [3.8, 4) is 17.2 Å². The molecule has 1 amide bonds. The van der Waals surface area contributed by atoms with E-state index in [0.29, 0.717) is 34.7 Å². The summed E-state index contributed by atoms with van der Waals surface area (Å²) in [5.74, 6) is 2.07. The van der Waals surface area contributed by atoms with Crippen LogP contribution in [0.15, 0.2) is 66.1 Å². The number of hydrogen-bond donors (Lipinski definition) is 0. The van der Waals surface area contributed by atoms with E-state index in [-0.39, 0.29) is 5.91 Å². The maximum Gasteiger partial charge on any atom is 0.266 e. The lowest BCUT2D eigenvalue weighted by Crippen LogP contribution is -2.27. The lowest BCUT2D eigenvalue weighted by molar-refractivity contribution is -0.121. The van der Waals surface area contributed by atoms with E-state index in [0.717, 1.165) is 17.1 Å². The van der Waals surface area contributed by atoms with E-state index in [4.69, 9.17) is 26.4 Å². The summed E-state index contributed by atoms with van der Waals surface area (Å²) >= 11 is 6.56. The fourth-order valence-corrected chi connectivity index (χ4v) is 3.92. The molecule has 0 atom stereocenters. The smallest absolute Gasteiger partial charge is 0.266 e. The molecule has 29 heavy (non-hydrogen) atoms. The van der Waals surface area contributed by atoms with Gasteiger partial charge in [0.15, 0.2) is 0 Å². The molecule has 1 heterocycles. The Morgan fingerprint density at radius 3 is 2.41 bits per heavy atom. The average Bonchev–Trinajstić information content (AvgIpc) is 2.99. The number of thioether (sulfide) groups is 1. The molecular weight excluding hydrogens is 406 g/mol. The minimum Gasteiger partial charge on any atom is -0.497 e. The molecule has 150 valence electrons. The van der Waals surface area contributed by atoms with Crippen LogP contribution in [-0.2, 0) is 4.79 Å². The van der Waals surface area contributed by atoms with Crippen LogP contribution in [0.4, 0.5) is 0 Å². The first kappa shape index (κ1) is 21.0. The van der Waals surface area contributed by atoms with Crippen molar-refractivity contribution in [2.45, 2.75) is 0 Å². The van der Waals surface area contributed by atoms with E-state index < -0.39 is 0 Å². The summed E-state index contributed by atoms with van der Waals surface area (Å²) in [6.07, 6.45) is 3.48. The molecule has 0 N–H and O–H groups in total. The Kier molecular flexibility index (Phi) is 7.32. The molecule has 0 radical (unpaired) electrons. The van der Waals surface area contributed by atoms with Gasteiger partial charge >= 0.3 is 0 Å². The summed E-state index contributed by atoms with van der Waals surface area (Å²) in [5, 5.41) is 0. The summed E-state index contributed by atoms with van der Waals surface area (Å²) < 4.78 is 17.2. The number of methoxy groups -OCH3 is 1. The highest BCUT2D eigenvalue weighted by molar-refractivity contribution is 8.26. The molecule has 0 spiro atoms. The number of thiocarbonyl (C=S) groups is 1. The Hall–Kier alpha value is -2.77. The molecule has 2 aromatic rings. The molecule has 0 bridgehead atoms. The molecule has 7 heteroatoms. The molecule has 0 aliphatic carbocycles. The third kappa shape index (κ3) is 5.62. The van der Waals surface area contributed by atoms with Crippen LogP contribution in [-0.4, -0.2) is 42.0 Å². The van der Waals surface area contributed by atoms with Gasteiger partial charge in [-0.1, -0.05) is 48.3 Å². The van der Waals surface area contributed by atoms with Gasteiger partial charge in [0, 0.05) is 12.6 Å². The van der Waals surface area contributed by atoms with Crippen LogP contribution in [0.5, 0.6) is 17.2 Å². The highest BCUT2D eigenvalue weighted by Crippen LogP contribution is 2.32. The predicted octanol–water partition coefficient (Wildman–Crippen LogP) is 4.54. The Morgan fingerprint density at radius 2 is 1.72 bits per heavy atom. The second-order valence-electron chi connectivity index (χ2n) is 6.03. The monoisotopic (exact) mass is 427 g/mol. The maximum atomic E-state index is 12.4. The summed E-state index contributed by atoms with van der Waals surface area (Å²) in [6.45, 7) is 4.87. The van der Waals surface area contributed by atoms with Crippen molar-refractivity contribution in [2.24, 2.45) is 0 Å². The van der Waals surface area contributed by atoms with Gasteiger partial charge in [0.25, 0.3) is 5.91 Å². The molecule has 5 nitrogen and oxygen atoms in total. The van der Waals surface area contributed by atoms with Crippen molar-refractivity contribution < 1.29 is 19.0 Å². The van der Waals surface area contributed by atoms with Gasteiger partial charge in [0.05, 0.1) is 12.0 Å². The van der Waals surface area contributed by atoms with Crippen molar-refractivity contribution in [1.82, 2.24) is 4.90 Å². The fourth-order valence-electron chi connectivity index (χ4n) is 2.64. The first-order chi connectivity index (χ1) is 14.1. The van der Waals surface area contributed by atoms with Crippen LogP contribution in [0.2, 0.25) is 0 Å². The van der Waals surface area contributed by atoms with Crippen LogP contribution in [0.3, 0.4) is 0 Å². The van der Waals surface area contributed by atoms with Crippen LogP contribution < -0.4 is 14.2 Å². The standard InChI is InChI=1S/C22H21NO4S2/c1-3-10-23-21(24)20(29-22(23)28)14-16-6-4-8-18(13-16)26-11-12-27-19-9-5-7-17(15-19)25-2/h3-9,13-15H,1,10-12H2,2H3. The van der Waals surface area contributed by atoms with E-state index in [1.807, 2.05) is 54.6 Å². The van der Waals surface area contributed by atoms with Crippen LogP contribution in [0.25, 0.3) is 6.08 Å². The summed E-state index contributed by atoms with van der Waals surface area (Å²) in [6, 6.07) is 15.0. The molecular formula is C22H21NO4S2. The molecule has 3 rings (SSSR count). The number of carbonyl (C=O) groups excluding carboxylic acids is 1. The molecule has 1 aliphatic heterocycles. The van der Waals surface area contributed by atoms with E-state index >= 15 is 0 Å². The van der Waals surface area contributed by atoms with Crippen molar-refractivity contribution in [1.29, 1.82) is 0 Å². The molecule has 1 saturated heterocycles. The van der Waals surface area contributed by atoms with E-state index in [9.17, 15) is 4.79 Å². The minimum absolute atomic E-state index is 0.0992. The summed E-state index contributed by atoms with van der Waals surface area (Å²) in [4.78, 5) is 14.6. The number of ether oxygens (including phenoxy) is 3. The SMILES string of the molecule is C=CCN1C(=O)C(=Cc2cccc(OCCOc3cccc(OC)c3)c2)SC1=S. The van der Waals surface area contributed by atoms with Crippen LogP contribution >= 0.6 is 24.0 Å². The molecule has 1 fully saturated rings. The van der Waals surface area contributed by atoms with Gasteiger partial charge in [-0.2, -0.15) is 0 Å². The van der Waals surface area contributed by atoms with Crippen molar-refractivity contribution in [3.05, 3.63) is 71.7 Å². The average molecular weight is 428 g/mol. The minimum atomic E-state index is -0.0992. The topological polar surface area (TPSA) is 48.0 Å². The largest absolute Gasteiger partial charge is 0.497 e. The van der Waals surface area contributed by atoms with Gasteiger partial charge in [-0.05, 0) is 35.9 Å². The Balaban J connectivity index is 1.56. The van der Waals surface area contributed by atoms with Crippen LogP contribution in [0.1, 0.15) is 5.56 Å². The predicted molar refractivity (Wildman–Crippen MR) is 121 cm³/mol. The number of rotatable bonds is 9. The zero-order valence-corrected chi connectivity index (χ0v) is 17.6. The lowest BCUT2D eigenvalue weighted by atomic mass is 10.2. The summed E-state index contributed by atoms with van der Waals surface area (Å²) in [5.41, 5.74) is 0.871. The van der Waals surface area contributed by atoms with Gasteiger partial charge in [0.1, 0.15) is 34.8 Å². The number of amides is 1. The normalized spacial score (nSPS) is 14.9. The quantitative estimate of drug-likeness (QED) is 0.253. The first-order valence-electron chi connectivity index (χ1n) is 8.96. The molecule has 0 aromatic heterocycles. The second-order valence-corrected chi connectivity index (χ2v) is 7.71. The third-order valence-electron chi connectivity index (χ3n) is 4.00. The van der Waals surface area contributed by atoms with Gasteiger partial charge in [-0.25, -0.2) is 0 Å². The molecule has 0 saturated carbocycles. The maximum absolute atomic E-state index is 12.4. The van der Waals surface area contributed by atoms with Gasteiger partial charge < -0.3 is 14.2 Å². The Morgan fingerprint density at radius 1 is 1.07 bits per heavy atom. The third-order valence-corrected chi connectivity index (χ3v) is 5.38. The van der Waals surface area contributed by atoms with E-state index in [1.165, 1.54) is 16.7 Å². The molecule has 0 unspecified atom stereocenters. The Bertz CT molecular complexity index is 942. The van der Waals surface area contributed by atoms with Gasteiger partial charge in [0.2, 0.25) is 0 Å². The van der Waals surface area contributed by atoms with E-state index in [1.54, 1.807) is 13.2 Å². The number of benzene rings is 2. The van der Waals surface area contributed by atoms with Crippen molar-refractivity contribution in [2.75, 3.05) is 26.9 Å². The van der Waals surface area contributed by atoms with Gasteiger partial charge in [-0.3, -0.25) is 9.69 Å². The Labute approximate surface area is 179 Å². The van der Waals surface area contributed by atoms with Gasteiger partial charge in [-0.15, -0.1) is 6.58 Å². The zero-order chi connectivity index (χ0) is 20.6.